The van der Waals surface area contributed by atoms with Crippen LogP contribution in [0.5, 0.6) is 0 Å². The normalized spacial score (nSPS) is 17.8. The molecule has 1 aromatic carbocycles. The first kappa shape index (κ1) is 17.2. The number of nitrogens with one attached hydrogen (secondary N) is 2. The Balaban J connectivity index is 1.97. The Hall–Kier alpha value is -2.16. The highest BCUT2D eigenvalue weighted by molar-refractivity contribution is 6.39. The molecule has 0 unspecified atom stereocenters. The molecule has 9 heteroatoms. The standard InChI is InChI=1S/C14H14F4N2O3/c15-10-4-3-8(14(16,17)18)6-11(10)20-13(22)12(21)19-7-9-2-1-5-23-9/h3-4,6,9H,1-2,5,7H2,(H,19,21)(H,20,22)/t9-/m0/s1. The number of carbonyl (C=O) groups is 2. The van der Waals surface area contributed by atoms with Crippen molar-refractivity contribution in [3.63, 3.8) is 0 Å². The number of halogens is 4. The lowest BCUT2D eigenvalue weighted by atomic mass is 10.2. The fraction of sp³-hybridized carbons (Fsp3) is 0.429. The van der Waals surface area contributed by atoms with Crippen LogP contribution in [0.15, 0.2) is 18.2 Å². The molecule has 1 fully saturated rings. The topological polar surface area (TPSA) is 67.4 Å². The Morgan fingerprint density at radius 2 is 2.00 bits per heavy atom. The number of ether oxygens (including phenoxy) is 1. The van der Waals surface area contributed by atoms with Gasteiger partial charge in [-0.1, -0.05) is 0 Å². The summed E-state index contributed by atoms with van der Waals surface area (Å²) >= 11 is 0. The Morgan fingerprint density at radius 3 is 2.61 bits per heavy atom. The van der Waals surface area contributed by atoms with E-state index in [1.807, 2.05) is 5.32 Å². The molecule has 0 saturated carbocycles. The molecule has 1 aliphatic heterocycles. The van der Waals surface area contributed by atoms with E-state index in [1.165, 1.54) is 0 Å². The van der Waals surface area contributed by atoms with E-state index in [9.17, 15) is 27.2 Å². The smallest absolute Gasteiger partial charge is 0.376 e. The van der Waals surface area contributed by atoms with Gasteiger partial charge in [-0.2, -0.15) is 13.2 Å². The zero-order chi connectivity index (χ0) is 17.0. The van der Waals surface area contributed by atoms with Crippen LogP contribution in [0.25, 0.3) is 0 Å². The quantitative estimate of drug-likeness (QED) is 0.657. The van der Waals surface area contributed by atoms with Gasteiger partial charge < -0.3 is 15.4 Å². The lowest BCUT2D eigenvalue weighted by molar-refractivity contribution is -0.137. The molecule has 0 aromatic heterocycles. The van der Waals surface area contributed by atoms with Crippen molar-refractivity contribution in [2.75, 3.05) is 18.5 Å². The summed E-state index contributed by atoms with van der Waals surface area (Å²) in [7, 11) is 0. The molecule has 2 N–H and O–H groups in total. The van der Waals surface area contributed by atoms with Gasteiger partial charge in [0.25, 0.3) is 0 Å². The second-order valence-corrected chi connectivity index (χ2v) is 4.99. The third-order valence-electron chi connectivity index (χ3n) is 3.26. The fourth-order valence-electron chi connectivity index (χ4n) is 2.07. The average Bonchev–Trinajstić information content (AvgIpc) is 2.99. The van der Waals surface area contributed by atoms with Gasteiger partial charge in [-0.3, -0.25) is 9.59 Å². The summed E-state index contributed by atoms with van der Waals surface area (Å²) in [6.07, 6.45) is -3.29. The van der Waals surface area contributed by atoms with Crippen molar-refractivity contribution >= 4 is 17.5 Å². The summed E-state index contributed by atoms with van der Waals surface area (Å²) in [5, 5.41) is 4.12. The van der Waals surface area contributed by atoms with Crippen molar-refractivity contribution in [1.29, 1.82) is 0 Å². The predicted octanol–water partition coefficient (Wildman–Crippen LogP) is 2.08. The molecule has 1 aliphatic rings. The van der Waals surface area contributed by atoms with Crippen LogP contribution in [0.3, 0.4) is 0 Å². The van der Waals surface area contributed by atoms with Crippen molar-refractivity contribution in [3.8, 4) is 0 Å². The Kier molecular flexibility index (Phi) is 5.19. The molecular weight excluding hydrogens is 320 g/mol. The van der Waals surface area contributed by atoms with Gasteiger partial charge in [-0.05, 0) is 31.0 Å². The van der Waals surface area contributed by atoms with E-state index in [0.717, 1.165) is 12.8 Å². The molecule has 0 spiro atoms. The summed E-state index contributed by atoms with van der Waals surface area (Å²) in [5.41, 5.74) is -1.84. The number of anilines is 1. The molecule has 0 bridgehead atoms. The molecule has 0 aliphatic carbocycles. The first-order chi connectivity index (χ1) is 10.8. The lowest BCUT2D eigenvalue weighted by Crippen LogP contribution is -2.39. The summed E-state index contributed by atoms with van der Waals surface area (Å²) < 4.78 is 56.4. The second kappa shape index (κ2) is 6.95. The minimum atomic E-state index is -4.69. The molecule has 23 heavy (non-hydrogen) atoms. The zero-order valence-corrected chi connectivity index (χ0v) is 11.9. The van der Waals surface area contributed by atoms with Crippen LogP contribution in [-0.2, 0) is 20.5 Å². The van der Waals surface area contributed by atoms with Gasteiger partial charge in [0.15, 0.2) is 0 Å². The summed E-state index contributed by atoms with van der Waals surface area (Å²) in [4.78, 5) is 23.2. The molecule has 1 atom stereocenters. The summed E-state index contributed by atoms with van der Waals surface area (Å²) in [5.74, 6) is -3.39. The number of amides is 2. The van der Waals surface area contributed by atoms with Crippen molar-refractivity contribution in [2.45, 2.75) is 25.1 Å². The fourth-order valence-corrected chi connectivity index (χ4v) is 2.07. The first-order valence-corrected chi connectivity index (χ1v) is 6.85. The van der Waals surface area contributed by atoms with E-state index < -0.39 is 35.1 Å². The van der Waals surface area contributed by atoms with Gasteiger partial charge in [0.05, 0.1) is 17.4 Å². The molecule has 1 saturated heterocycles. The molecule has 2 amide bonds. The lowest BCUT2D eigenvalue weighted by Gasteiger charge is -2.12. The van der Waals surface area contributed by atoms with E-state index in [0.29, 0.717) is 24.8 Å². The van der Waals surface area contributed by atoms with Crippen LogP contribution in [0.2, 0.25) is 0 Å². The summed E-state index contributed by atoms with van der Waals surface area (Å²) in [6, 6.07) is 1.55. The van der Waals surface area contributed by atoms with Gasteiger partial charge in [0.1, 0.15) is 5.82 Å². The van der Waals surface area contributed by atoms with Gasteiger partial charge in [0.2, 0.25) is 0 Å². The molecule has 126 valence electrons. The average molecular weight is 334 g/mol. The first-order valence-electron chi connectivity index (χ1n) is 6.85. The highest BCUT2D eigenvalue weighted by Crippen LogP contribution is 2.31. The molecule has 2 rings (SSSR count). The Morgan fingerprint density at radius 1 is 1.26 bits per heavy atom. The minimum absolute atomic E-state index is 0.108. The highest BCUT2D eigenvalue weighted by Gasteiger charge is 2.31. The van der Waals surface area contributed by atoms with Crippen molar-refractivity contribution in [3.05, 3.63) is 29.6 Å². The number of carbonyl (C=O) groups excluding carboxylic acids is 2. The summed E-state index contributed by atoms with van der Waals surface area (Å²) in [6.45, 7) is 0.680. The number of hydrogen-bond acceptors (Lipinski definition) is 3. The van der Waals surface area contributed by atoms with E-state index in [1.54, 1.807) is 0 Å². The third kappa shape index (κ3) is 4.65. The van der Waals surface area contributed by atoms with E-state index in [-0.39, 0.29) is 12.6 Å². The van der Waals surface area contributed by atoms with Crippen LogP contribution in [0.1, 0.15) is 18.4 Å². The van der Waals surface area contributed by atoms with Crippen LogP contribution in [0, 0.1) is 5.82 Å². The number of benzene rings is 1. The van der Waals surface area contributed by atoms with Crippen molar-refractivity contribution in [2.24, 2.45) is 0 Å². The van der Waals surface area contributed by atoms with Crippen LogP contribution in [-0.4, -0.2) is 31.1 Å². The van der Waals surface area contributed by atoms with Gasteiger partial charge in [0, 0.05) is 13.2 Å². The van der Waals surface area contributed by atoms with Crippen molar-refractivity contribution < 1.29 is 31.9 Å². The maximum atomic E-state index is 13.5. The van der Waals surface area contributed by atoms with Gasteiger partial charge >= 0.3 is 18.0 Å². The Labute approximate surface area is 129 Å². The van der Waals surface area contributed by atoms with E-state index >= 15 is 0 Å². The van der Waals surface area contributed by atoms with Crippen LogP contribution < -0.4 is 10.6 Å². The highest BCUT2D eigenvalue weighted by atomic mass is 19.4. The third-order valence-corrected chi connectivity index (χ3v) is 3.26. The molecular formula is C14H14F4N2O3. The number of alkyl halides is 3. The Bertz CT molecular complexity index is 598. The van der Waals surface area contributed by atoms with Crippen molar-refractivity contribution in [1.82, 2.24) is 5.32 Å². The zero-order valence-electron chi connectivity index (χ0n) is 11.9. The maximum Gasteiger partial charge on any atom is 0.416 e. The van der Waals surface area contributed by atoms with Crippen LogP contribution in [0.4, 0.5) is 23.2 Å². The maximum absolute atomic E-state index is 13.5. The monoisotopic (exact) mass is 334 g/mol. The van der Waals surface area contributed by atoms with E-state index in [2.05, 4.69) is 5.32 Å². The minimum Gasteiger partial charge on any atom is -0.376 e. The number of hydrogen-bond donors (Lipinski definition) is 2. The van der Waals surface area contributed by atoms with Crippen LogP contribution >= 0.6 is 0 Å². The SMILES string of the molecule is O=C(NC[C@@H]1CCCO1)C(=O)Nc1cc(C(F)(F)F)ccc1F. The second-order valence-electron chi connectivity index (χ2n) is 4.99. The van der Waals surface area contributed by atoms with Gasteiger partial charge in [-0.25, -0.2) is 4.39 Å². The largest absolute Gasteiger partial charge is 0.416 e. The molecule has 5 nitrogen and oxygen atoms in total. The molecule has 1 heterocycles. The molecule has 1 aromatic rings. The van der Waals surface area contributed by atoms with E-state index in [4.69, 9.17) is 4.74 Å². The number of rotatable bonds is 3. The molecule has 0 radical (unpaired) electrons. The van der Waals surface area contributed by atoms with Gasteiger partial charge in [-0.15, -0.1) is 0 Å². The predicted molar refractivity (Wildman–Crippen MR) is 72.0 cm³/mol.